The quantitative estimate of drug-likeness (QED) is 0.761. The van der Waals surface area contributed by atoms with Crippen LogP contribution in [0.4, 0.5) is 0 Å². The molecule has 0 heterocycles. The van der Waals surface area contributed by atoms with E-state index >= 15 is 0 Å². The lowest BCUT2D eigenvalue weighted by molar-refractivity contribution is 0.361. The first kappa shape index (κ1) is 12.4. The van der Waals surface area contributed by atoms with Crippen LogP contribution >= 0.6 is 11.8 Å². The van der Waals surface area contributed by atoms with Gasteiger partial charge in [0.15, 0.2) is 0 Å². The van der Waals surface area contributed by atoms with E-state index in [9.17, 15) is 0 Å². The van der Waals surface area contributed by atoms with Crippen LogP contribution in [-0.4, -0.2) is 17.5 Å². The molecule has 1 rings (SSSR count). The lowest BCUT2D eigenvalue weighted by Gasteiger charge is -2.31. The number of hydrogen-bond acceptors (Lipinski definition) is 2. The van der Waals surface area contributed by atoms with Crippen molar-refractivity contribution in [1.29, 1.82) is 0 Å². The van der Waals surface area contributed by atoms with Crippen molar-refractivity contribution in [2.24, 2.45) is 17.6 Å². The number of hydrogen-bond donors (Lipinski definition) is 1. The molecule has 0 radical (unpaired) electrons. The van der Waals surface area contributed by atoms with Crippen LogP contribution in [0.15, 0.2) is 0 Å². The molecule has 0 aliphatic heterocycles. The summed E-state index contributed by atoms with van der Waals surface area (Å²) in [6.45, 7) is 5.45. The van der Waals surface area contributed by atoms with Gasteiger partial charge < -0.3 is 5.73 Å². The maximum Gasteiger partial charge on any atom is 0.00753 e. The summed E-state index contributed by atoms with van der Waals surface area (Å²) in [5.41, 5.74) is 5.64. The third-order valence-corrected chi connectivity index (χ3v) is 5.17. The van der Waals surface area contributed by atoms with Crippen molar-refractivity contribution in [3.05, 3.63) is 0 Å². The third kappa shape index (κ3) is 3.82. The van der Waals surface area contributed by atoms with Crippen LogP contribution in [0.2, 0.25) is 0 Å². The molecule has 1 aliphatic rings. The highest BCUT2D eigenvalue weighted by Gasteiger charge is 2.23. The lowest BCUT2D eigenvalue weighted by Crippen LogP contribution is -2.23. The molecule has 3 atom stereocenters. The van der Waals surface area contributed by atoms with Crippen LogP contribution in [0.3, 0.4) is 0 Å². The zero-order valence-corrected chi connectivity index (χ0v) is 10.5. The van der Waals surface area contributed by atoms with Gasteiger partial charge in [-0.3, -0.25) is 0 Å². The first-order chi connectivity index (χ1) is 6.77. The first-order valence-corrected chi connectivity index (χ1v) is 7.14. The Morgan fingerprint density at radius 3 is 2.71 bits per heavy atom. The van der Waals surface area contributed by atoms with E-state index in [4.69, 9.17) is 5.73 Å². The predicted octanol–water partition coefficient (Wildman–Crippen LogP) is 3.28. The van der Waals surface area contributed by atoms with Gasteiger partial charge in [-0.1, -0.05) is 33.1 Å². The number of nitrogens with two attached hydrogens (primary N) is 1. The van der Waals surface area contributed by atoms with Crippen molar-refractivity contribution in [2.45, 2.75) is 51.2 Å². The maximum absolute atomic E-state index is 5.64. The molecule has 0 amide bonds. The molecule has 1 fully saturated rings. The highest BCUT2D eigenvalue weighted by molar-refractivity contribution is 7.99. The molecule has 14 heavy (non-hydrogen) atoms. The molecule has 0 saturated heterocycles. The molecule has 2 N–H and O–H groups in total. The third-order valence-electron chi connectivity index (χ3n) is 3.36. The molecule has 0 bridgehead atoms. The van der Waals surface area contributed by atoms with Crippen LogP contribution in [0, 0.1) is 11.8 Å². The van der Waals surface area contributed by atoms with Crippen molar-refractivity contribution in [3.8, 4) is 0 Å². The van der Waals surface area contributed by atoms with Crippen molar-refractivity contribution >= 4 is 11.8 Å². The second-order valence-electron chi connectivity index (χ2n) is 4.67. The average Bonchev–Trinajstić information content (AvgIpc) is 2.26. The van der Waals surface area contributed by atoms with Crippen molar-refractivity contribution < 1.29 is 0 Å². The van der Waals surface area contributed by atoms with Gasteiger partial charge in [0.25, 0.3) is 0 Å². The van der Waals surface area contributed by atoms with Crippen molar-refractivity contribution in [2.75, 3.05) is 12.3 Å². The summed E-state index contributed by atoms with van der Waals surface area (Å²) in [6.07, 6.45) is 7.19. The van der Waals surface area contributed by atoms with E-state index in [-0.39, 0.29) is 0 Å². The minimum atomic E-state index is 0.694. The van der Waals surface area contributed by atoms with Crippen LogP contribution in [0.1, 0.15) is 46.0 Å². The van der Waals surface area contributed by atoms with Gasteiger partial charge in [0, 0.05) is 5.25 Å². The summed E-state index contributed by atoms with van der Waals surface area (Å²) >= 11 is 2.18. The van der Waals surface area contributed by atoms with E-state index in [1.54, 1.807) is 0 Å². The summed E-state index contributed by atoms with van der Waals surface area (Å²) < 4.78 is 0. The summed E-state index contributed by atoms with van der Waals surface area (Å²) in [7, 11) is 0. The average molecular weight is 215 g/mol. The van der Waals surface area contributed by atoms with Crippen LogP contribution < -0.4 is 5.73 Å². The molecule has 0 aromatic heterocycles. The second-order valence-corrected chi connectivity index (χ2v) is 5.94. The SMILES string of the molecule is CCC1CCCCC1SCC(C)CN. The van der Waals surface area contributed by atoms with Crippen molar-refractivity contribution in [1.82, 2.24) is 0 Å². The highest BCUT2D eigenvalue weighted by atomic mass is 32.2. The molecule has 0 spiro atoms. The smallest absolute Gasteiger partial charge is 0.00753 e. The van der Waals surface area contributed by atoms with E-state index in [0.29, 0.717) is 5.92 Å². The fourth-order valence-corrected chi connectivity index (χ4v) is 3.86. The van der Waals surface area contributed by atoms with E-state index < -0.39 is 0 Å². The van der Waals surface area contributed by atoms with Crippen LogP contribution in [0.5, 0.6) is 0 Å². The number of thioether (sulfide) groups is 1. The Morgan fingerprint density at radius 1 is 1.36 bits per heavy atom. The van der Waals surface area contributed by atoms with Gasteiger partial charge in [0.1, 0.15) is 0 Å². The molecule has 84 valence electrons. The molecule has 0 aromatic rings. The minimum Gasteiger partial charge on any atom is -0.330 e. The zero-order valence-electron chi connectivity index (χ0n) is 9.67. The molecule has 1 aliphatic carbocycles. The molecular formula is C12H25NS. The van der Waals surface area contributed by atoms with Gasteiger partial charge in [0.2, 0.25) is 0 Å². The Balaban J connectivity index is 2.26. The molecule has 2 heteroatoms. The summed E-state index contributed by atoms with van der Waals surface area (Å²) in [4.78, 5) is 0. The van der Waals surface area contributed by atoms with E-state index in [1.165, 1.54) is 37.9 Å². The lowest BCUT2D eigenvalue weighted by atomic mass is 9.87. The van der Waals surface area contributed by atoms with Gasteiger partial charge >= 0.3 is 0 Å². The van der Waals surface area contributed by atoms with E-state index in [1.807, 2.05) is 0 Å². The normalized spacial score (nSPS) is 30.2. The van der Waals surface area contributed by atoms with E-state index in [0.717, 1.165) is 17.7 Å². The highest BCUT2D eigenvalue weighted by Crippen LogP contribution is 2.35. The molecule has 0 aromatic carbocycles. The summed E-state index contributed by atoms with van der Waals surface area (Å²) in [6, 6.07) is 0. The Kier molecular flexibility index (Phi) is 5.95. The fraction of sp³-hybridized carbons (Fsp3) is 1.00. The predicted molar refractivity (Wildman–Crippen MR) is 66.7 cm³/mol. The van der Waals surface area contributed by atoms with Crippen LogP contribution in [-0.2, 0) is 0 Å². The van der Waals surface area contributed by atoms with Gasteiger partial charge in [0.05, 0.1) is 0 Å². The van der Waals surface area contributed by atoms with Crippen molar-refractivity contribution in [3.63, 3.8) is 0 Å². The topological polar surface area (TPSA) is 26.0 Å². The molecule has 3 unspecified atom stereocenters. The Labute approximate surface area is 93.2 Å². The largest absolute Gasteiger partial charge is 0.330 e. The minimum absolute atomic E-state index is 0.694. The first-order valence-electron chi connectivity index (χ1n) is 6.09. The Morgan fingerprint density at radius 2 is 2.07 bits per heavy atom. The standard InChI is InChI=1S/C12H25NS/c1-3-11-6-4-5-7-12(11)14-9-10(2)8-13/h10-12H,3-9,13H2,1-2H3. The van der Waals surface area contributed by atoms with Gasteiger partial charge in [-0.2, -0.15) is 11.8 Å². The van der Waals surface area contributed by atoms with Gasteiger partial charge in [-0.15, -0.1) is 0 Å². The fourth-order valence-electron chi connectivity index (χ4n) is 2.22. The molecule has 1 saturated carbocycles. The maximum atomic E-state index is 5.64. The van der Waals surface area contributed by atoms with Gasteiger partial charge in [-0.25, -0.2) is 0 Å². The monoisotopic (exact) mass is 215 g/mol. The second kappa shape index (κ2) is 6.73. The summed E-state index contributed by atoms with van der Waals surface area (Å²) in [5, 5.41) is 0.933. The van der Waals surface area contributed by atoms with Crippen LogP contribution in [0.25, 0.3) is 0 Å². The zero-order chi connectivity index (χ0) is 10.4. The van der Waals surface area contributed by atoms with Gasteiger partial charge in [-0.05, 0) is 37.0 Å². The Hall–Kier alpha value is 0.310. The number of rotatable bonds is 5. The molecule has 1 nitrogen and oxygen atoms in total. The summed E-state index contributed by atoms with van der Waals surface area (Å²) in [5.74, 6) is 2.94. The Bertz CT molecular complexity index is 149. The van der Waals surface area contributed by atoms with E-state index in [2.05, 4.69) is 25.6 Å². The molecular weight excluding hydrogens is 190 g/mol.